The first-order valence-corrected chi connectivity index (χ1v) is 15.0. The molecule has 0 heterocycles. The third kappa shape index (κ3) is 3.48. The van der Waals surface area contributed by atoms with Crippen molar-refractivity contribution in [3.05, 3.63) is 72.8 Å². The van der Waals surface area contributed by atoms with Crippen molar-refractivity contribution in [1.82, 2.24) is 0 Å². The largest absolute Gasteiger partial charge is 0.399 e. The smallest absolute Gasteiger partial charge is 0.112 e. The standard InChI is InChI=1S/C22H28N2Si2/c1-25(2,19-9-5-17(23)6-10-19)21-13-15-22(16-14-21)26(3,4)20-11-7-18(24)8-12-20/h5-16H,23-24H2,1-4H3. The minimum atomic E-state index is -1.70. The highest BCUT2D eigenvalue weighted by atomic mass is 28.3. The molecule has 26 heavy (non-hydrogen) atoms. The number of hydrogen-bond donors (Lipinski definition) is 2. The highest BCUT2D eigenvalue weighted by Gasteiger charge is 2.29. The van der Waals surface area contributed by atoms with Gasteiger partial charge in [0, 0.05) is 11.4 Å². The fraction of sp³-hybridized carbons (Fsp3) is 0.182. The molecule has 0 saturated carbocycles. The van der Waals surface area contributed by atoms with Crippen molar-refractivity contribution in [1.29, 1.82) is 0 Å². The summed E-state index contributed by atoms with van der Waals surface area (Å²) in [5.74, 6) is 0. The van der Waals surface area contributed by atoms with E-state index in [4.69, 9.17) is 11.5 Å². The van der Waals surface area contributed by atoms with E-state index in [-0.39, 0.29) is 0 Å². The van der Waals surface area contributed by atoms with Crippen LogP contribution >= 0.6 is 0 Å². The zero-order chi connectivity index (χ0) is 18.9. The molecule has 3 rings (SSSR count). The number of benzene rings is 3. The maximum absolute atomic E-state index is 5.85. The third-order valence-electron chi connectivity index (χ3n) is 5.59. The highest BCUT2D eigenvalue weighted by molar-refractivity contribution is 7.01. The second kappa shape index (κ2) is 6.78. The lowest BCUT2D eigenvalue weighted by molar-refractivity contribution is 1.65. The molecule has 0 spiro atoms. The van der Waals surface area contributed by atoms with Crippen LogP contribution in [-0.2, 0) is 0 Å². The van der Waals surface area contributed by atoms with E-state index < -0.39 is 16.1 Å². The van der Waals surface area contributed by atoms with Crippen LogP contribution in [-0.4, -0.2) is 16.1 Å². The van der Waals surface area contributed by atoms with Gasteiger partial charge in [-0.25, -0.2) is 0 Å². The Morgan fingerprint density at radius 1 is 0.423 bits per heavy atom. The van der Waals surface area contributed by atoms with Crippen LogP contribution in [0.4, 0.5) is 11.4 Å². The minimum Gasteiger partial charge on any atom is -0.399 e. The number of anilines is 2. The Bertz CT molecular complexity index is 804. The summed E-state index contributed by atoms with van der Waals surface area (Å²) in [6, 6.07) is 26.1. The van der Waals surface area contributed by atoms with Crippen LogP contribution in [0.15, 0.2) is 72.8 Å². The van der Waals surface area contributed by atoms with Gasteiger partial charge in [0.05, 0.1) is 0 Å². The molecule has 0 fully saturated rings. The minimum absolute atomic E-state index is 0.824. The molecule has 2 nitrogen and oxygen atoms in total. The Balaban J connectivity index is 1.92. The van der Waals surface area contributed by atoms with Gasteiger partial charge in [0.2, 0.25) is 0 Å². The molecular formula is C22H28N2Si2. The molecule has 0 atom stereocenters. The maximum Gasteiger partial charge on any atom is 0.112 e. The quantitative estimate of drug-likeness (QED) is 0.543. The molecular weight excluding hydrogens is 348 g/mol. The van der Waals surface area contributed by atoms with Crippen molar-refractivity contribution in [2.75, 3.05) is 11.5 Å². The van der Waals surface area contributed by atoms with E-state index in [1.807, 2.05) is 24.3 Å². The first-order valence-electron chi connectivity index (χ1n) is 9.04. The number of hydrogen-bond acceptors (Lipinski definition) is 2. The van der Waals surface area contributed by atoms with E-state index in [2.05, 4.69) is 74.7 Å². The van der Waals surface area contributed by atoms with Crippen LogP contribution in [0.25, 0.3) is 0 Å². The summed E-state index contributed by atoms with van der Waals surface area (Å²) in [5, 5.41) is 5.73. The molecule has 0 aromatic heterocycles. The molecule has 0 saturated heterocycles. The average molecular weight is 377 g/mol. The van der Waals surface area contributed by atoms with Gasteiger partial charge in [0.25, 0.3) is 0 Å². The molecule has 134 valence electrons. The van der Waals surface area contributed by atoms with Crippen LogP contribution < -0.4 is 32.2 Å². The molecule has 0 radical (unpaired) electrons. The zero-order valence-corrected chi connectivity index (χ0v) is 18.1. The van der Waals surface area contributed by atoms with Crippen molar-refractivity contribution < 1.29 is 0 Å². The van der Waals surface area contributed by atoms with Crippen molar-refractivity contribution >= 4 is 48.3 Å². The van der Waals surface area contributed by atoms with E-state index in [0.29, 0.717) is 0 Å². The summed E-state index contributed by atoms with van der Waals surface area (Å²) >= 11 is 0. The fourth-order valence-electron chi connectivity index (χ4n) is 3.44. The van der Waals surface area contributed by atoms with E-state index in [1.165, 1.54) is 20.7 Å². The van der Waals surface area contributed by atoms with Gasteiger partial charge in [-0.05, 0) is 24.3 Å². The number of nitrogen functional groups attached to an aromatic ring is 2. The van der Waals surface area contributed by atoms with Crippen LogP contribution in [0.3, 0.4) is 0 Å². The Morgan fingerprint density at radius 3 is 0.846 bits per heavy atom. The summed E-state index contributed by atoms with van der Waals surface area (Å²) < 4.78 is 0. The first-order chi connectivity index (χ1) is 12.2. The normalized spacial score (nSPS) is 12.2. The molecule has 3 aromatic carbocycles. The monoisotopic (exact) mass is 376 g/mol. The lowest BCUT2D eigenvalue weighted by Gasteiger charge is -2.27. The lowest BCUT2D eigenvalue weighted by atomic mass is 10.3. The Labute approximate surface area is 158 Å². The SMILES string of the molecule is C[Si](C)(c1ccc(N)cc1)c1ccc([Si](C)(C)c2ccc(N)cc2)cc1. The first kappa shape index (κ1) is 18.5. The molecule has 0 aliphatic heterocycles. The summed E-state index contributed by atoms with van der Waals surface area (Å²) in [7, 11) is -3.41. The van der Waals surface area contributed by atoms with Gasteiger partial charge in [-0.15, -0.1) is 0 Å². The van der Waals surface area contributed by atoms with Gasteiger partial charge in [0.1, 0.15) is 16.1 Å². The molecule has 0 amide bonds. The van der Waals surface area contributed by atoms with E-state index in [0.717, 1.165) is 11.4 Å². The summed E-state index contributed by atoms with van der Waals surface area (Å²) in [6.45, 7) is 9.60. The molecule has 0 unspecified atom stereocenters. The predicted octanol–water partition coefficient (Wildman–Crippen LogP) is 2.50. The lowest BCUT2D eigenvalue weighted by Crippen LogP contribution is -2.55. The van der Waals surface area contributed by atoms with Crippen LogP contribution in [0, 0.1) is 0 Å². The maximum atomic E-state index is 5.85. The van der Waals surface area contributed by atoms with Crippen molar-refractivity contribution in [3.8, 4) is 0 Å². The van der Waals surface area contributed by atoms with Crippen molar-refractivity contribution in [2.45, 2.75) is 26.2 Å². The van der Waals surface area contributed by atoms with Gasteiger partial charge >= 0.3 is 0 Å². The Hall–Kier alpha value is -2.31. The molecule has 3 aromatic rings. The van der Waals surface area contributed by atoms with Crippen LogP contribution in [0.5, 0.6) is 0 Å². The van der Waals surface area contributed by atoms with Gasteiger partial charge < -0.3 is 11.5 Å². The van der Waals surface area contributed by atoms with Gasteiger partial charge in [-0.2, -0.15) is 0 Å². The predicted molar refractivity (Wildman–Crippen MR) is 122 cm³/mol. The molecule has 4 N–H and O–H groups in total. The van der Waals surface area contributed by atoms with Gasteiger partial charge in [0.15, 0.2) is 0 Å². The Kier molecular flexibility index (Phi) is 4.82. The summed E-state index contributed by atoms with van der Waals surface area (Å²) in [4.78, 5) is 0. The van der Waals surface area contributed by atoms with E-state index >= 15 is 0 Å². The molecule has 0 aliphatic carbocycles. The molecule has 4 heteroatoms. The Morgan fingerprint density at radius 2 is 0.615 bits per heavy atom. The average Bonchev–Trinajstić information content (AvgIpc) is 2.62. The summed E-state index contributed by atoms with van der Waals surface area (Å²) in [5.41, 5.74) is 13.4. The highest BCUT2D eigenvalue weighted by Crippen LogP contribution is 2.10. The van der Waals surface area contributed by atoms with E-state index in [1.54, 1.807) is 0 Å². The number of rotatable bonds is 4. The van der Waals surface area contributed by atoms with Crippen molar-refractivity contribution in [2.24, 2.45) is 0 Å². The second-order valence-corrected chi connectivity index (χ2v) is 16.9. The van der Waals surface area contributed by atoms with Crippen molar-refractivity contribution in [3.63, 3.8) is 0 Å². The van der Waals surface area contributed by atoms with E-state index in [9.17, 15) is 0 Å². The third-order valence-corrected chi connectivity index (χ3v) is 12.7. The topological polar surface area (TPSA) is 52.0 Å². The zero-order valence-electron chi connectivity index (χ0n) is 16.1. The molecule has 0 aliphatic rings. The fourth-order valence-corrected chi connectivity index (χ4v) is 8.10. The second-order valence-electron chi connectivity index (χ2n) is 8.07. The van der Waals surface area contributed by atoms with Gasteiger partial charge in [-0.1, -0.05) is 95.5 Å². The van der Waals surface area contributed by atoms with Gasteiger partial charge in [-0.3, -0.25) is 0 Å². The van der Waals surface area contributed by atoms with Crippen LogP contribution in [0.2, 0.25) is 26.2 Å². The summed E-state index contributed by atoms with van der Waals surface area (Å²) in [6.07, 6.45) is 0. The van der Waals surface area contributed by atoms with Crippen LogP contribution in [0.1, 0.15) is 0 Å². The molecule has 0 bridgehead atoms. The number of nitrogens with two attached hydrogens (primary N) is 2.